The monoisotopic (exact) mass is 329 g/mol. The first-order valence-corrected chi connectivity index (χ1v) is 4.84. The van der Waals surface area contributed by atoms with Crippen molar-refractivity contribution >= 4 is 28.6 Å². The predicted molar refractivity (Wildman–Crippen MR) is 56.1 cm³/mol. The molecule has 0 radical (unpaired) electrons. The smallest absolute Gasteiger partial charge is 0.339 e. The van der Waals surface area contributed by atoms with Crippen LogP contribution in [-0.2, 0) is 4.74 Å². The molecule has 0 aliphatic carbocycles. The summed E-state index contributed by atoms with van der Waals surface area (Å²) in [7, 11) is 1.06. The molecule has 1 heterocycles. The molecule has 15 heavy (non-hydrogen) atoms. The highest BCUT2D eigenvalue weighted by molar-refractivity contribution is 14.1. The van der Waals surface area contributed by atoms with E-state index in [0.717, 1.165) is 7.11 Å². The highest BCUT2D eigenvalue weighted by Gasteiger charge is 2.25. The molecule has 0 bridgehead atoms. The summed E-state index contributed by atoms with van der Waals surface area (Å²) in [6, 6.07) is 0. The van der Waals surface area contributed by atoms with Crippen LogP contribution < -0.4 is 5.56 Å². The molecule has 0 unspecified atom stereocenters. The van der Waals surface area contributed by atoms with Crippen molar-refractivity contribution in [2.75, 3.05) is 7.11 Å². The third kappa shape index (κ3) is 2.33. The summed E-state index contributed by atoms with van der Waals surface area (Å²) >= 11 is 1.67. The van der Waals surface area contributed by atoms with E-state index in [4.69, 9.17) is 0 Å². The largest absolute Gasteiger partial charge is 0.465 e. The molecule has 82 valence electrons. The van der Waals surface area contributed by atoms with Gasteiger partial charge in [0.15, 0.2) is 0 Å². The second-order valence-electron chi connectivity index (χ2n) is 2.55. The number of aromatic amines is 1. The maximum absolute atomic E-state index is 12.5. The number of carbonyl (C=O) groups excluding carboxylic acids is 1. The average molecular weight is 329 g/mol. The fourth-order valence-corrected chi connectivity index (χ4v) is 1.71. The second-order valence-corrected chi connectivity index (χ2v) is 3.71. The van der Waals surface area contributed by atoms with E-state index in [1.54, 1.807) is 22.6 Å². The fourth-order valence-electron chi connectivity index (χ4n) is 1.04. The molecule has 0 saturated carbocycles. The fraction of sp³-hybridized carbons (Fsp3) is 0.250. The number of ether oxygens (including phenoxy) is 1. The van der Waals surface area contributed by atoms with Crippen molar-refractivity contribution in [2.45, 2.75) is 6.43 Å². The molecule has 0 saturated heterocycles. The topological polar surface area (TPSA) is 59.2 Å². The van der Waals surface area contributed by atoms with E-state index in [9.17, 15) is 18.4 Å². The molecule has 7 heteroatoms. The molecule has 0 atom stereocenters. The summed E-state index contributed by atoms with van der Waals surface area (Å²) in [5.41, 5.74) is -2.21. The van der Waals surface area contributed by atoms with Crippen molar-refractivity contribution in [1.29, 1.82) is 0 Å². The van der Waals surface area contributed by atoms with Crippen molar-refractivity contribution in [1.82, 2.24) is 4.98 Å². The van der Waals surface area contributed by atoms with Gasteiger partial charge in [-0.3, -0.25) is 4.79 Å². The maximum atomic E-state index is 12.5. The van der Waals surface area contributed by atoms with Gasteiger partial charge >= 0.3 is 5.97 Å². The van der Waals surface area contributed by atoms with Gasteiger partial charge in [0, 0.05) is 9.77 Å². The van der Waals surface area contributed by atoms with Crippen molar-refractivity contribution in [3.63, 3.8) is 0 Å². The average Bonchev–Trinajstić information content (AvgIpc) is 2.19. The Bertz CT molecular complexity index is 444. The first-order valence-electron chi connectivity index (χ1n) is 3.76. The quantitative estimate of drug-likeness (QED) is 0.664. The predicted octanol–water partition coefficient (Wildman–Crippen LogP) is 1.70. The third-order valence-corrected chi connectivity index (χ3v) is 2.54. The molecule has 1 aromatic heterocycles. The normalized spacial score (nSPS) is 10.5. The van der Waals surface area contributed by atoms with Gasteiger partial charge in [-0.15, -0.1) is 0 Å². The second kappa shape index (κ2) is 4.69. The third-order valence-electron chi connectivity index (χ3n) is 1.69. The van der Waals surface area contributed by atoms with Crippen LogP contribution in [0.1, 0.15) is 22.3 Å². The van der Waals surface area contributed by atoms with Gasteiger partial charge < -0.3 is 9.72 Å². The molecule has 0 spiro atoms. The van der Waals surface area contributed by atoms with Crippen LogP contribution in [0.5, 0.6) is 0 Å². The Hall–Kier alpha value is -0.990. The number of nitrogens with one attached hydrogen (secondary N) is 1. The molecule has 0 fully saturated rings. The number of hydrogen-bond donors (Lipinski definition) is 1. The lowest BCUT2D eigenvalue weighted by molar-refractivity contribution is 0.0587. The summed E-state index contributed by atoms with van der Waals surface area (Å²) < 4.78 is 29.6. The maximum Gasteiger partial charge on any atom is 0.339 e. The summed E-state index contributed by atoms with van der Waals surface area (Å²) in [5.74, 6) is -0.944. The first kappa shape index (κ1) is 12.1. The Balaban J connectivity index is 3.52. The molecular weight excluding hydrogens is 323 g/mol. The van der Waals surface area contributed by atoms with Gasteiger partial charge in [-0.25, -0.2) is 13.6 Å². The van der Waals surface area contributed by atoms with E-state index >= 15 is 0 Å². The lowest BCUT2D eigenvalue weighted by Gasteiger charge is -2.07. The van der Waals surface area contributed by atoms with E-state index in [-0.39, 0.29) is 9.13 Å². The number of alkyl halides is 2. The van der Waals surface area contributed by atoms with Crippen LogP contribution in [-0.4, -0.2) is 18.1 Å². The minimum atomic E-state index is -3.02. The number of carbonyl (C=O) groups is 1. The van der Waals surface area contributed by atoms with Crippen LogP contribution in [0.25, 0.3) is 0 Å². The number of hydrogen-bond acceptors (Lipinski definition) is 3. The molecule has 4 nitrogen and oxygen atoms in total. The molecule has 0 amide bonds. The zero-order valence-corrected chi connectivity index (χ0v) is 9.67. The van der Waals surface area contributed by atoms with Gasteiger partial charge in [0.2, 0.25) is 0 Å². The standard InChI is InChI=1S/C8H6F2INO3/c1-15-8(14)4-3(11)2-12-7(13)5(4)6(9)10/h2,6H,1H3,(H,12,13). The summed E-state index contributed by atoms with van der Waals surface area (Å²) in [5, 5.41) is 0. The van der Waals surface area contributed by atoms with Crippen molar-refractivity contribution < 1.29 is 18.3 Å². The van der Waals surface area contributed by atoms with Crippen LogP contribution in [0, 0.1) is 3.57 Å². The van der Waals surface area contributed by atoms with Crippen LogP contribution in [0.15, 0.2) is 11.0 Å². The Morgan fingerprint density at radius 3 is 2.67 bits per heavy atom. The molecule has 0 aliphatic heterocycles. The zero-order chi connectivity index (χ0) is 11.6. The van der Waals surface area contributed by atoms with Crippen molar-refractivity contribution in [2.24, 2.45) is 0 Å². The molecule has 0 aromatic carbocycles. The van der Waals surface area contributed by atoms with Gasteiger partial charge in [0.25, 0.3) is 12.0 Å². The van der Waals surface area contributed by atoms with Gasteiger partial charge in [-0.1, -0.05) is 0 Å². The van der Waals surface area contributed by atoms with Crippen molar-refractivity contribution in [3.05, 3.63) is 31.2 Å². The minimum absolute atomic E-state index is 0.217. The van der Waals surface area contributed by atoms with E-state index < -0.39 is 23.5 Å². The van der Waals surface area contributed by atoms with E-state index in [1.165, 1.54) is 6.20 Å². The number of methoxy groups -OCH3 is 1. The minimum Gasteiger partial charge on any atom is -0.465 e. The van der Waals surface area contributed by atoms with E-state index in [2.05, 4.69) is 9.72 Å². The number of pyridine rings is 1. The number of rotatable bonds is 2. The van der Waals surface area contributed by atoms with Gasteiger partial charge in [-0.05, 0) is 22.6 Å². The van der Waals surface area contributed by atoms with E-state index in [1.807, 2.05) is 0 Å². The molecule has 0 aliphatic rings. The Labute approximate surface area is 96.8 Å². The van der Waals surface area contributed by atoms with Crippen LogP contribution in [0.2, 0.25) is 0 Å². The highest BCUT2D eigenvalue weighted by Crippen LogP contribution is 2.23. The van der Waals surface area contributed by atoms with Gasteiger partial charge in [0.05, 0.1) is 18.2 Å². The summed E-state index contributed by atoms with van der Waals surface area (Å²) in [6.45, 7) is 0. The number of esters is 1. The SMILES string of the molecule is COC(=O)c1c(I)c[nH]c(=O)c1C(F)F. The number of aromatic nitrogens is 1. The van der Waals surface area contributed by atoms with Crippen LogP contribution in [0.4, 0.5) is 8.78 Å². The molecule has 1 aromatic rings. The van der Waals surface area contributed by atoms with Gasteiger partial charge in [0.1, 0.15) is 0 Å². The number of H-pyrrole nitrogens is 1. The van der Waals surface area contributed by atoms with Crippen molar-refractivity contribution in [3.8, 4) is 0 Å². The molecule has 1 N–H and O–H groups in total. The lowest BCUT2D eigenvalue weighted by Crippen LogP contribution is -2.20. The highest BCUT2D eigenvalue weighted by atomic mass is 127. The number of halogens is 3. The summed E-state index contributed by atoms with van der Waals surface area (Å²) in [6.07, 6.45) is -1.83. The Morgan fingerprint density at radius 1 is 1.60 bits per heavy atom. The zero-order valence-electron chi connectivity index (χ0n) is 7.51. The van der Waals surface area contributed by atoms with Gasteiger partial charge in [-0.2, -0.15) is 0 Å². The van der Waals surface area contributed by atoms with Crippen LogP contribution in [0.3, 0.4) is 0 Å². The summed E-state index contributed by atoms with van der Waals surface area (Å²) in [4.78, 5) is 24.4. The lowest BCUT2D eigenvalue weighted by atomic mass is 10.1. The Kier molecular flexibility index (Phi) is 3.77. The van der Waals surface area contributed by atoms with Crippen LogP contribution >= 0.6 is 22.6 Å². The first-order chi connectivity index (χ1) is 6.99. The Morgan fingerprint density at radius 2 is 2.20 bits per heavy atom. The molecule has 1 rings (SSSR count). The van der Waals surface area contributed by atoms with E-state index in [0.29, 0.717) is 0 Å². The molecular formula is C8H6F2INO3.